The van der Waals surface area contributed by atoms with E-state index in [2.05, 4.69) is 15.9 Å². The van der Waals surface area contributed by atoms with Crippen LogP contribution in [0.25, 0.3) is 0 Å². The Morgan fingerprint density at radius 1 is 1.17 bits per heavy atom. The first kappa shape index (κ1) is 32.8. The molecular weight excluding hydrogens is 677 g/mol. The second-order valence-electron chi connectivity index (χ2n) is 13.3. The first-order chi connectivity index (χ1) is 21.8. The highest BCUT2D eigenvalue weighted by atomic mass is 79.9. The van der Waals surface area contributed by atoms with E-state index < -0.39 is 43.8 Å². The van der Waals surface area contributed by atoms with Crippen molar-refractivity contribution in [2.24, 2.45) is 5.92 Å². The van der Waals surface area contributed by atoms with E-state index in [1.165, 1.54) is 11.8 Å². The number of benzene rings is 2. The third kappa shape index (κ3) is 5.48. The van der Waals surface area contributed by atoms with Crippen LogP contribution in [0.4, 0.5) is 15.5 Å². The van der Waals surface area contributed by atoms with E-state index in [-0.39, 0.29) is 49.8 Å². The van der Waals surface area contributed by atoms with Gasteiger partial charge in [0.2, 0.25) is 20.2 Å². The van der Waals surface area contributed by atoms with Crippen LogP contribution in [0.5, 0.6) is 0 Å². The number of carbonyl (C=O) groups excluding carboxylic acids is 4. The summed E-state index contributed by atoms with van der Waals surface area (Å²) < 4.78 is 28.9. The molecular formula is C33H39BrFN3O7Si. The number of halogens is 2. The fourth-order valence-electron chi connectivity index (χ4n) is 7.95. The van der Waals surface area contributed by atoms with Gasteiger partial charge in [-0.1, -0.05) is 35.0 Å². The smallest absolute Gasteiger partial charge is 0.304 e. The van der Waals surface area contributed by atoms with Gasteiger partial charge in [0, 0.05) is 40.7 Å². The van der Waals surface area contributed by atoms with Crippen LogP contribution in [-0.2, 0) is 40.8 Å². The van der Waals surface area contributed by atoms with E-state index in [9.17, 15) is 24.3 Å². The normalized spacial score (nSPS) is 29.0. The molecule has 1 N–H and O–H groups in total. The largest absolute Gasteiger partial charge is 0.441 e. The van der Waals surface area contributed by atoms with Gasteiger partial charge < -0.3 is 28.5 Å². The van der Waals surface area contributed by atoms with Crippen molar-refractivity contribution < 1.29 is 37.9 Å². The Morgan fingerprint density at radius 2 is 1.89 bits per heavy atom. The van der Waals surface area contributed by atoms with Crippen LogP contribution >= 0.6 is 15.9 Å². The minimum atomic E-state index is -3.46. The van der Waals surface area contributed by atoms with Gasteiger partial charge in [-0.05, 0) is 61.8 Å². The number of β-lactam (4-membered cyclic amide) rings is 1. The third-order valence-electron chi connectivity index (χ3n) is 9.97. The van der Waals surface area contributed by atoms with Crippen LogP contribution in [0.1, 0.15) is 50.7 Å². The molecule has 6 rings (SSSR count). The van der Waals surface area contributed by atoms with E-state index in [0.29, 0.717) is 23.5 Å². The maximum absolute atomic E-state index is 16.2. The van der Waals surface area contributed by atoms with Gasteiger partial charge in [-0.2, -0.15) is 0 Å². The standard InChI is InChI=1S/C33H39BrFN3O7Si/c1-19-31(46(3,4)35)27(15-28(41)36-13-5-6-24(36)18-39)45-33(19)25-14-22(34)9-12-26(25)37(32(33)43)17-21-7-10-23(11-8-21)38-29(42)16-30(38)44-20(2)40/h7-12,14,19,24,27,30-31,39H,5-6,13,15-18H2,1-4H3/t19-,24-,27+,30?,31-,33+/m0/s1. The Morgan fingerprint density at radius 3 is 2.52 bits per heavy atom. The summed E-state index contributed by atoms with van der Waals surface area (Å²) in [5, 5.41) is 9.80. The number of carbonyl (C=O) groups is 4. The molecule has 1 spiro atoms. The van der Waals surface area contributed by atoms with Gasteiger partial charge in [0.25, 0.3) is 5.91 Å². The summed E-state index contributed by atoms with van der Waals surface area (Å²) in [6.45, 7) is 6.99. The number of rotatable bonds is 8. The maximum atomic E-state index is 16.2. The molecule has 246 valence electrons. The lowest BCUT2D eigenvalue weighted by molar-refractivity contribution is -0.154. The number of ether oxygens (including phenoxy) is 2. The fourth-order valence-corrected chi connectivity index (χ4v) is 10.8. The molecule has 2 aromatic rings. The number of aliphatic hydroxyl groups is 1. The van der Waals surface area contributed by atoms with Gasteiger partial charge in [0.1, 0.15) is 0 Å². The number of amides is 3. The lowest BCUT2D eigenvalue weighted by Crippen LogP contribution is -2.54. The van der Waals surface area contributed by atoms with Crippen LogP contribution in [0.3, 0.4) is 0 Å². The average molecular weight is 717 g/mol. The zero-order valence-electron chi connectivity index (χ0n) is 26.4. The van der Waals surface area contributed by atoms with Crippen molar-refractivity contribution in [3.8, 4) is 0 Å². The fraction of sp³-hybridized carbons (Fsp3) is 0.515. The zero-order valence-corrected chi connectivity index (χ0v) is 29.0. The maximum Gasteiger partial charge on any atom is 0.304 e. The van der Waals surface area contributed by atoms with Gasteiger partial charge in [-0.15, -0.1) is 0 Å². The quantitative estimate of drug-likeness (QED) is 0.181. The summed E-state index contributed by atoms with van der Waals surface area (Å²) in [6, 6.07) is 12.4. The Kier molecular flexibility index (Phi) is 8.66. The molecule has 0 aromatic heterocycles. The summed E-state index contributed by atoms with van der Waals surface area (Å²) in [5.41, 5.74) is 0.562. The van der Waals surface area contributed by atoms with Crippen LogP contribution < -0.4 is 9.80 Å². The van der Waals surface area contributed by atoms with Crippen LogP contribution in [0.2, 0.25) is 18.6 Å². The molecule has 2 aromatic carbocycles. The van der Waals surface area contributed by atoms with Crippen LogP contribution in [0, 0.1) is 5.92 Å². The number of nitrogens with zero attached hydrogens (tertiary/aromatic N) is 3. The highest BCUT2D eigenvalue weighted by Crippen LogP contribution is 2.60. The number of aliphatic hydroxyl groups excluding tert-OH is 1. The highest BCUT2D eigenvalue weighted by Gasteiger charge is 2.67. The summed E-state index contributed by atoms with van der Waals surface area (Å²) in [7, 11) is -3.46. The molecule has 4 aliphatic rings. The molecule has 46 heavy (non-hydrogen) atoms. The lowest BCUT2D eigenvalue weighted by Gasteiger charge is -2.39. The Labute approximate surface area is 277 Å². The molecule has 13 heteroatoms. The minimum absolute atomic E-state index is 0.0603. The average Bonchev–Trinajstić information content (AvgIpc) is 3.64. The number of hydrogen-bond donors (Lipinski definition) is 1. The predicted molar refractivity (Wildman–Crippen MR) is 174 cm³/mol. The molecule has 0 bridgehead atoms. The monoisotopic (exact) mass is 715 g/mol. The van der Waals surface area contributed by atoms with Gasteiger partial charge >= 0.3 is 5.97 Å². The van der Waals surface area contributed by atoms with E-state index in [1.807, 2.05) is 37.3 Å². The topological polar surface area (TPSA) is 117 Å². The van der Waals surface area contributed by atoms with Crippen molar-refractivity contribution in [3.63, 3.8) is 0 Å². The first-order valence-corrected chi connectivity index (χ1v) is 19.5. The molecule has 6 atom stereocenters. The zero-order chi connectivity index (χ0) is 33.1. The Hall–Kier alpha value is -3.13. The van der Waals surface area contributed by atoms with Crippen molar-refractivity contribution in [3.05, 3.63) is 58.1 Å². The Bertz CT molecular complexity index is 1570. The first-order valence-electron chi connectivity index (χ1n) is 15.7. The second-order valence-corrected chi connectivity index (χ2v) is 18.0. The van der Waals surface area contributed by atoms with Crippen molar-refractivity contribution in [2.75, 3.05) is 23.0 Å². The number of fused-ring (bicyclic) bond motifs is 2. The summed E-state index contributed by atoms with van der Waals surface area (Å²) >= 11 is 3.55. The molecule has 1 unspecified atom stereocenters. The molecule has 3 amide bonds. The van der Waals surface area contributed by atoms with Crippen molar-refractivity contribution >= 4 is 59.4 Å². The number of esters is 1. The molecule has 4 heterocycles. The van der Waals surface area contributed by atoms with E-state index in [1.54, 1.807) is 35.0 Å². The summed E-state index contributed by atoms with van der Waals surface area (Å²) in [6.07, 6.45) is 0.142. The summed E-state index contributed by atoms with van der Waals surface area (Å²) in [5.74, 6) is -1.67. The lowest BCUT2D eigenvalue weighted by atomic mass is 9.82. The van der Waals surface area contributed by atoms with Gasteiger partial charge in [0.05, 0.1) is 43.8 Å². The van der Waals surface area contributed by atoms with Crippen molar-refractivity contribution in [1.29, 1.82) is 0 Å². The SMILES string of the molecule is CC(=O)OC1CC(=O)N1c1ccc(CN2C(=O)[C@]3(O[C@H](CC(=O)N4CCC[C@H]4CO)[C@@H]([Si](C)(C)F)[C@@H]3C)c3cc(Br)ccc32)cc1. The molecule has 3 fully saturated rings. The van der Waals surface area contributed by atoms with Crippen LogP contribution in [-0.4, -0.2) is 73.6 Å². The van der Waals surface area contributed by atoms with Gasteiger partial charge in [0.15, 0.2) is 11.8 Å². The van der Waals surface area contributed by atoms with E-state index in [0.717, 1.165) is 22.9 Å². The molecule has 0 aliphatic carbocycles. The van der Waals surface area contributed by atoms with E-state index in [4.69, 9.17) is 9.47 Å². The minimum Gasteiger partial charge on any atom is -0.441 e. The van der Waals surface area contributed by atoms with Crippen molar-refractivity contribution in [1.82, 2.24) is 4.90 Å². The summed E-state index contributed by atoms with van der Waals surface area (Å²) in [4.78, 5) is 56.6. The van der Waals surface area contributed by atoms with E-state index >= 15 is 4.11 Å². The molecule has 0 saturated carbocycles. The van der Waals surface area contributed by atoms with Crippen molar-refractivity contribution in [2.45, 2.75) is 88.7 Å². The predicted octanol–water partition coefficient (Wildman–Crippen LogP) is 4.77. The molecule has 4 aliphatic heterocycles. The molecule has 0 radical (unpaired) electrons. The number of likely N-dealkylation sites (tertiary alicyclic amines) is 1. The van der Waals surface area contributed by atoms with Gasteiger partial charge in [-0.3, -0.25) is 24.1 Å². The van der Waals surface area contributed by atoms with Gasteiger partial charge in [-0.25, -0.2) is 0 Å². The number of hydrogen-bond acceptors (Lipinski definition) is 7. The third-order valence-corrected chi connectivity index (χ3v) is 12.9. The molecule has 3 saturated heterocycles. The highest BCUT2D eigenvalue weighted by molar-refractivity contribution is 9.10. The Balaban J connectivity index is 1.30. The molecule has 10 nitrogen and oxygen atoms in total. The second kappa shape index (κ2) is 12.1. The number of anilines is 2. The van der Waals surface area contributed by atoms with Crippen LogP contribution in [0.15, 0.2) is 46.9 Å².